The van der Waals surface area contributed by atoms with Gasteiger partial charge in [0.1, 0.15) is 24.2 Å². The van der Waals surface area contributed by atoms with Crippen LogP contribution in [-0.4, -0.2) is 37.6 Å². The molecule has 0 aliphatic carbocycles. The lowest BCUT2D eigenvalue weighted by atomic mass is 9.90. The van der Waals surface area contributed by atoms with Crippen LogP contribution in [0, 0.1) is 0 Å². The second-order valence-electron chi connectivity index (χ2n) is 7.42. The summed E-state index contributed by atoms with van der Waals surface area (Å²) in [7, 11) is -3.70. The Labute approximate surface area is 175 Å². The summed E-state index contributed by atoms with van der Waals surface area (Å²) in [5.74, 6) is 1.46. The molecule has 7 nitrogen and oxygen atoms in total. The van der Waals surface area contributed by atoms with E-state index < -0.39 is 9.84 Å². The van der Waals surface area contributed by atoms with Crippen molar-refractivity contribution in [1.29, 1.82) is 0 Å². The SMILES string of the molecule is O=S(=O)(c1cccc(OCc2cnccn2)c1)c1ccc2c(c1)OC1CNCCC21. The van der Waals surface area contributed by atoms with Gasteiger partial charge in [-0.3, -0.25) is 9.97 Å². The summed E-state index contributed by atoms with van der Waals surface area (Å²) in [5.41, 5.74) is 1.76. The van der Waals surface area contributed by atoms with Gasteiger partial charge in [0, 0.05) is 30.4 Å². The molecule has 1 saturated heterocycles. The van der Waals surface area contributed by atoms with Gasteiger partial charge in [-0.05, 0) is 43.3 Å². The van der Waals surface area contributed by atoms with Gasteiger partial charge in [-0.1, -0.05) is 12.1 Å². The first kappa shape index (κ1) is 19.0. The summed E-state index contributed by atoms with van der Waals surface area (Å²) in [6.07, 6.45) is 5.85. The number of ether oxygens (including phenoxy) is 2. The van der Waals surface area contributed by atoms with E-state index in [1.807, 2.05) is 6.07 Å². The lowest BCUT2D eigenvalue weighted by molar-refractivity contribution is 0.176. The molecule has 2 unspecified atom stereocenters. The molecule has 30 heavy (non-hydrogen) atoms. The van der Waals surface area contributed by atoms with E-state index in [1.54, 1.807) is 48.9 Å². The van der Waals surface area contributed by atoms with Crippen LogP contribution in [0.15, 0.2) is 70.8 Å². The van der Waals surface area contributed by atoms with E-state index in [1.165, 1.54) is 6.07 Å². The zero-order valence-corrected chi connectivity index (χ0v) is 17.0. The fourth-order valence-electron chi connectivity index (χ4n) is 3.99. The molecule has 0 spiro atoms. The van der Waals surface area contributed by atoms with Crippen molar-refractivity contribution in [3.05, 3.63) is 72.3 Å². The number of hydrogen-bond donors (Lipinski definition) is 1. The maximum absolute atomic E-state index is 13.2. The molecule has 0 radical (unpaired) electrons. The summed E-state index contributed by atoms with van der Waals surface area (Å²) in [6, 6.07) is 11.7. The standard InChI is InChI=1S/C22H21N3O4S/c26-30(27,17-3-1-2-16(10-17)28-14-15-12-24-8-9-25-15)18-4-5-19-20-6-7-23-13-22(20)29-21(19)11-18/h1-5,8-12,20,22-23H,6-7,13-14H2. The third kappa shape index (κ3) is 3.53. The third-order valence-corrected chi connectivity index (χ3v) is 7.27. The largest absolute Gasteiger partial charge is 0.488 e. The molecule has 0 amide bonds. The van der Waals surface area contributed by atoms with Gasteiger partial charge in [0.2, 0.25) is 9.84 Å². The number of nitrogens with zero attached hydrogens (tertiary/aromatic N) is 2. The number of fused-ring (bicyclic) bond motifs is 3. The summed E-state index contributed by atoms with van der Waals surface area (Å²) in [6.45, 7) is 1.94. The Kier molecular flexibility index (Phi) is 4.88. The van der Waals surface area contributed by atoms with Crippen LogP contribution in [0.2, 0.25) is 0 Å². The average molecular weight is 423 g/mol. The van der Waals surface area contributed by atoms with Gasteiger partial charge in [-0.15, -0.1) is 0 Å². The number of rotatable bonds is 5. The lowest BCUT2D eigenvalue weighted by Crippen LogP contribution is -2.39. The highest BCUT2D eigenvalue weighted by molar-refractivity contribution is 7.91. The Hall–Kier alpha value is -2.97. The highest BCUT2D eigenvalue weighted by Gasteiger charge is 2.36. The van der Waals surface area contributed by atoms with Gasteiger partial charge in [0.25, 0.3) is 0 Å². The van der Waals surface area contributed by atoms with Crippen molar-refractivity contribution >= 4 is 9.84 Å². The molecule has 2 aliphatic rings. The first-order valence-corrected chi connectivity index (χ1v) is 11.3. The quantitative estimate of drug-likeness (QED) is 0.675. The van der Waals surface area contributed by atoms with E-state index in [9.17, 15) is 8.42 Å². The van der Waals surface area contributed by atoms with E-state index in [4.69, 9.17) is 9.47 Å². The maximum Gasteiger partial charge on any atom is 0.206 e. The lowest BCUT2D eigenvalue weighted by Gasteiger charge is -2.24. The fourth-order valence-corrected chi connectivity index (χ4v) is 5.30. The van der Waals surface area contributed by atoms with Crippen molar-refractivity contribution < 1.29 is 17.9 Å². The van der Waals surface area contributed by atoms with E-state index >= 15 is 0 Å². The third-order valence-electron chi connectivity index (χ3n) is 5.52. The van der Waals surface area contributed by atoms with Crippen molar-refractivity contribution in [2.75, 3.05) is 13.1 Å². The van der Waals surface area contributed by atoms with Crippen LogP contribution in [0.25, 0.3) is 0 Å². The second-order valence-corrected chi connectivity index (χ2v) is 9.37. The van der Waals surface area contributed by atoms with E-state index in [0.29, 0.717) is 23.1 Å². The minimum absolute atomic E-state index is 0.0736. The van der Waals surface area contributed by atoms with Gasteiger partial charge < -0.3 is 14.8 Å². The highest BCUT2D eigenvalue weighted by atomic mass is 32.2. The van der Waals surface area contributed by atoms with Crippen LogP contribution < -0.4 is 14.8 Å². The Morgan fingerprint density at radius 3 is 2.90 bits per heavy atom. The molecule has 2 atom stereocenters. The maximum atomic E-state index is 13.2. The van der Waals surface area contributed by atoms with E-state index in [2.05, 4.69) is 15.3 Å². The summed E-state index contributed by atoms with van der Waals surface area (Å²) < 4.78 is 38.2. The van der Waals surface area contributed by atoms with Crippen LogP contribution in [0.4, 0.5) is 0 Å². The zero-order chi connectivity index (χ0) is 20.6. The Balaban J connectivity index is 1.39. The molecule has 154 valence electrons. The van der Waals surface area contributed by atoms with Crippen LogP contribution in [-0.2, 0) is 16.4 Å². The van der Waals surface area contributed by atoms with E-state index in [0.717, 1.165) is 25.1 Å². The number of hydrogen-bond acceptors (Lipinski definition) is 7. The first-order chi connectivity index (χ1) is 14.6. The predicted octanol–water partition coefficient (Wildman–Crippen LogP) is 2.73. The van der Waals surface area contributed by atoms with E-state index in [-0.39, 0.29) is 22.5 Å². The predicted molar refractivity (Wildman–Crippen MR) is 109 cm³/mol. The summed E-state index contributed by atoms with van der Waals surface area (Å²) in [5, 5.41) is 3.33. The van der Waals surface area contributed by atoms with Crippen LogP contribution in [0.1, 0.15) is 23.6 Å². The normalized spacial score (nSPS) is 20.1. The first-order valence-electron chi connectivity index (χ1n) is 9.85. The summed E-state index contributed by atoms with van der Waals surface area (Å²) in [4.78, 5) is 8.55. The van der Waals surface area contributed by atoms with Crippen molar-refractivity contribution in [2.45, 2.75) is 34.8 Å². The molecule has 0 saturated carbocycles. The topological polar surface area (TPSA) is 90.4 Å². The molecule has 1 fully saturated rings. The van der Waals surface area contributed by atoms with Gasteiger partial charge in [-0.2, -0.15) is 0 Å². The Morgan fingerprint density at radius 2 is 2.03 bits per heavy atom. The monoisotopic (exact) mass is 423 g/mol. The summed E-state index contributed by atoms with van der Waals surface area (Å²) >= 11 is 0. The molecule has 1 N–H and O–H groups in total. The van der Waals surface area contributed by atoms with Gasteiger partial charge >= 0.3 is 0 Å². The van der Waals surface area contributed by atoms with Crippen molar-refractivity contribution in [1.82, 2.24) is 15.3 Å². The molecule has 8 heteroatoms. The molecule has 2 aromatic carbocycles. The van der Waals surface area contributed by atoms with Gasteiger partial charge in [0.05, 0.1) is 21.7 Å². The number of benzene rings is 2. The molecule has 2 aliphatic heterocycles. The second kappa shape index (κ2) is 7.70. The molecule has 3 aromatic rings. The highest BCUT2D eigenvalue weighted by Crippen LogP contribution is 2.42. The van der Waals surface area contributed by atoms with Crippen molar-refractivity contribution in [2.24, 2.45) is 0 Å². The van der Waals surface area contributed by atoms with Gasteiger partial charge in [0.15, 0.2) is 0 Å². The van der Waals surface area contributed by atoms with Gasteiger partial charge in [-0.25, -0.2) is 8.42 Å². The minimum atomic E-state index is -3.70. The number of aromatic nitrogens is 2. The minimum Gasteiger partial charge on any atom is -0.488 e. The van der Waals surface area contributed by atoms with Crippen LogP contribution in [0.5, 0.6) is 11.5 Å². The zero-order valence-electron chi connectivity index (χ0n) is 16.2. The Bertz CT molecular complexity index is 1170. The number of piperidine rings is 1. The smallest absolute Gasteiger partial charge is 0.206 e. The Morgan fingerprint density at radius 1 is 1.13 bits per heavy atom. The molecule has 0 bridgehead atoms. The molecular formula is C22H21N3O4S. The van der Waals surface area contributed by atoms with Crippen molar-refractivity contribution in [3.63, 3.8) is 0 Å². The molecule has 3 heterocycles. The average Bonchev–Trinajstić information content (AvgIpc) is 3.16. The number of sulfone groups is 1. The van der Waals surface area contributed by atoms with Crippen molar-refractivity contribution in [3.8, 4) is 11.5 Å². The molecule has 1 aromatic heterocycles. The van der Waals surface area contributed by atoms with Crippen LogP contribution >= 0.6 is 0 Å². The fraction of sp³-hybridized carbons (Fsp3) is 0.273. The number of nitrogens with one attached hydrogen (secondary N) is 1. The molecular weight excluding hydrogens is 402 g/mol. The van der Waals surface area contributed by atoms with Crippen LogP contribution in [0.3, 0.4) is 0 Å². The molecule has 5 rings (SSSR count).